The maximum Gasteiger partial charge on any atom is 0.243 e. The lowest BCUT2D eigenvalue weighted by molar-refractivity contribution is 0.372. The lowest BCUT2D eigenvalue weighted by atomic mass is 10.2. The first kappa shape index (κ1) is 18.0. The molecule has 0 fully saturated rings. The highest BCUT2D eigenvalue weighted by Crippen LogP contribution is 2.29. The van der Waals surface area contributed by atoms with Crippen LogP contribution in [0.5, 0.6) is 0 Å². The van der Waals surface area contributed by atoms with Crippen LogP contribution in [0, 0.1) is 24.2 Å². The van der Waals surface area contributed by atoms with Crippen LogP contribution in [0.15, 0.2) is 21.5 Å². The first-order valence-electron chi connectivity index (χ1n) is 6.62. The summed E-state index contributed by atoms with van der Waals surface area (Å²) in [5.41, 5.74) is 6.81. The number of nitriles is 1. The molecular weight excluding hydrogens is 354 g/mol. The minimum absolute atomic E-state index is 0.164. The molecule has 0 atom stereocenters. The van der Waals surface area contributed by atoms with Gasteiger partial charge in [0.2, 0.25) is 10.0 Å². The molecule has 0 aliphatic rings. The van der Waals surface area contributed by atoms with E-state index in [9.17, 15) is 8.42 Å². The Labute approximate surface area is 134 Å². The molecule has 1 rings (SSSR count). The highest BCUT2D eigenvalue weighted by Gasteiger charge is 2.27. The van der Waals surface area contributed by atoms with Gasteiger partial charge in [0.15, 0.2) is 0 Å². The second-order valence-corrected chi connectivity index (χ2v) is 8.06. The molecule has 0 amide bonds. The summed E-state index contributed by atoms with van der Waals surface area (Å²) in [6.45, 7) is 6.18. The summed E-state index contributed by atoms with van der Waals surface area (Å²) in [7, 11) is -3.66. The smallest absolute Gasteiger partial charge is 0.243 e. The van der Waals surface area contributed by atoms with E-state index in [-0.39, 0.29) is 23.8 Å². The van der Waals surface area contributed by atoms with Crippen molar-refractivity contribution in [3.8, 4) is 6.07 Å². The van der Waals surface area contributed by atoms with Gasteiger partial charge in [0, 0.05) is 29.7 Å². The van der Waals surface area contributed by atoms with Crippen LogP contribution in [0.4, 0.5) is 5.69 Å². The summed E-state index contributed by atoms with van der Waals surface area (Å²) in [5.74, 6) is 0.173. The number of nitrogens with two attached hydrogens (primary N) is 1. The van der Waals surface area contributed by atoms with E-state index in [1.165, 1.54) is 10.4 Å². The van der Waals surface area contributed by atoms with Crippen LogP contribution in [0.2, 0.25) is 0 Å². The van der Waals surface area contributed by atoms with E-state index in [1.54, 1.807) is 13.0 Å². The number of sulfonamides is 1. The van der Waals surface area contributed by atoms with Crippen LogP contribution in [0.1, 0.15) is 25.8 Å². The number of halogens is 1. The number of nitrogen functional groups attached to an aromatic ring is 1. The monoisotopic (exact) mass is 373 g/mol. The first-order valence-corrected chi connectivity index (χ1v) is 8.86. The highest BCUT2D eigenvalue weighted by atomic mass is 79.9. The fraction of sp³-hybridized carbons (Fsp3) is 0.500. The summed E-state index contributed by atoms with van der Waals surface area (Å²) in [6.07, 6.45) is 0.164. The van der Waals surface area contributed by atoms with Gasteiger partial charge in [0.1, 0.15) is 0 Å². The van der Waals surface area contributed by atoms with Gasteiger partial charge in [0.25, 0.3) is 0 Å². The minimum atomic E-state index is -3.66. The first-order chi connectivity index (χ1) is 9.70. The van der Waals surface area contributed by atoms with Crippen LogP contribution in [-0.2, 0) is 10.0 Å². The van der Waals surface area contributed by atoms with E-state index >= 15 is 0 Å². The van der Waals surface area contributed by atoms with Gasteiger partial charge in [-0.1, -0.05) is 13.8 Å². The van der Waals surface area contributed by atoms with Crippen molar-refractivity contribution in [3.63, 3.8) is 0 Å². The predicted octanol–water partition coefficient (Wildman–Crippen LogP) is 2.90. The second-order valence-electron chi connectivity index (χ2n) is 5.30. The Morgan fingerprint density at radius 2 is 2.05 bits per heavy atom. The minimum Gasteiger partial charge on any atom is -0.398 e. The standard InChI is InChI=1S/C14H20BrN3O2S/c1-10(2)9-18(6-4-5-16)21(19,20)14-8-13(17)12(15)7-11(14)3/h7-8,10H,4,6,9,17H2,1-3H3. The van der Waals surface area contributed by atoms with Crippen molar-refractivity contribution < 1.29 is 8.42 Å². The number of hydrogen-bond acceptors (Lipinski definition) is 4. The van der Waals surface area contributed by atoms with Gasteiger partial charge in [-0.2, -0.15) is 9.57 Å². The summed E-state index contributed by atoms with van der Waals surface area (Å²) < 4.78 is 27.6. The van der Waals surface area contributed by atoms with Crippen LogP contribution in [0.25, 0.3) is 0 Å². The Hall–Kier alpha value is -1.10. The molecule has 0 saturated carbocycles. The van der Waals surface area contributed by atoms with Gasteiger partial charge in [-0.3, -0.25) is 0 Å². The van der Waals surface area contributed by atoms with Crippen molar-refractivity contribution in [2.75, 3.05) is 18.8 Å². The molecule has 0 saturated heterocycles. The normalized spacial score (nSPS) is 11.9. The van der Waals surface area contributed by atoms with Gasteiger partial charge >= 0.3 is 0 Å². The van der Waals surface area contributed by atoms with E-state index in [0.29, 0.717) is 22.3 Å². The average Bonchev–Trinajstić information content (AvgIpc) is 2.38. The SMILES string of the molecule is Cc1cc(Br)c(N)cc1S(=O)(=O)N(CCC#N)CC(C)C. The number of hydrogen-bond donors (Lipinski definition) is 1. The Morgan fingerprint density at radius 1 is 1.43 bits per heavy atom. The van der Waals surface area contributed by atoms with Crippen LogP contribution in [-0.4, -0.2) is 25.8 Å². The summed E-state index contributed by atoms with van der Waals surface area (Å²) in [5, 5.41) is 8.72. The van der Waals surface area contributed by atoms with E-state index in [0.717, 1.165) is 0 Å². The summed E-state index contributed by atoms with van der Waals surface area (Å²) in [6, 6.07) is 5.15. The van der Waals surface area contributed by atoms with E-state index in [4.69, 9.17) is 11.0 Å². The van der Waals surface area contributed by atoms with Crippen molar-refractivity contribution in [1.82, 2.24) is 4.31 Å². The zero-order valence-corrected chi connectivity index (χ0v) is 14.8. The lowest BCUT2D eigenvalue weighted by Crippen LogP contribution is -2.35. The third-order valence-corrected chi connectivity index (χ3v) is 5.65. The van der Waals surface area contributed by atoms with E-state index in [2.05, 4.69) is 15.9 Å². The van der Waals surface area contributed by atoms with Crippen molar-refractivity contribution >= 4 is 31.6 Å². The fourth-order valence-corrected chi connectivity index (χ4v) is 4.28. The largest absolute Gasteiger partial charge is 0.398 e. The highest BCUT2D eigenvalue weighted by molar-refractivity contribution is 9.10. The molecule has 0 heterocycles. The molecule has 21 heavy (non-hydrogen) atoms. The molecule has 1 aromatic rings. The van der Waals surface area contributed by atoms with E-state index < -0.39 is 10.0 Å². The lowest BCUT2D eigenvalue weighted by Gasteiger charge is -2.24. The molecule has 0 bridgehead atoms. The van der Waals surface area contributed by atoms with Crippen LogP contribution in [0.3, 0.4) is 0 Å². The molecule has 0 unspecified atom stereocenters. The van der Waals surface area contributed by atoms with Gasteiger partial charge < -0.3 is 5.73 Å². The molecule has 2 N–H and O–H groups in total. The number of rotatable bonds is 6. The molecule has 1 aromatic carbocycles. The van der Waals surface area contributed by atoms with Crippen molar-refractivity contribution in [1.29, 1.82) is 5.26 Å². The topological polar surface area (TPSA) is 87.2 Å². The molecule has 0 aliphatic heterocycles. The van der Waals surface area contributed by atoms with Crippen molar-refractivity contribution in [3.05, 3.63) is 22.2 Å². The Kier molecular flexibility index (Phi) is 6.20. The number of anilines is 1. The number of benzene rings is 1. The van der Waals surface area contributed by atoms with Gasteiger partial charge in [-0.15, -0.1) is 0 Å². The molecule has 5 nitrogen and oxygen atoms in total. The number of aryl methyl sites for hydroxylation is 1. The quantitative estimate of drug-likeness (QED) is 0.776. The van der Waals surface area contributed by atoms with Crippen molar-refractivity contribution in [2.45, 2.75) is 32.1 Å². The molecule has 0 radical (unpaired) electrons. The Morgan fingerprint density at radius 3 is 2.57 bits per heavy atom. The van der Waals surface area contributed by atoms with E-state index in [1.807, 2.05) is 19.9 Å². The maximum atomic E-state index is 12.8. The fourth-order valence-electron chi connectivity index (χ4n) is 1.98. The predicted molar refractivity (Wildman–Crippen MR) is 87.1 cm³/mol. The summed E-state index contributed by atoms with van der Waals surface area (Å²) >= 11 is 3.29. The average molecular weight is 374 g/mol. The molecule has 0 aromatic heterocycles. The third-order valence-electron chi connectivity index (χ3n) is 2.95. The third kappa shape index (κ3) is 4.43. The van der Waals surface area contributed by atoms with Crippen LogP contribution >= 0.6 is 15.9 Å². The molecule has 7 heteroatoms. The summed E-state index contributed by atoms with van der Waals surface area (Å²) in [4.78, 5) is 0.196. The van der Waals surface area contributed by atoms with Crippen LogP contribution < -0.4 is 5.73 Å². The Balaban J connectivity index is 3.28. The maximum absolute atomic E-state index is 12.8. The van der Waals surface area contributed by atoms with Gasteiger partial charge in [0.05, 0.1) is 11.0 Å². The zero-order valence-electron chi connectivity index (χ0n) is 12.4. The molecular formula is C14H20BrN3O2S. The number of nitrogens with zero attached hydrogens (tertiary/aromatic N) is 2. The molecule has 116 valence electrons. The second kappa shape index (κ2) is 7.25. The molecule has 0 aliphatic carbocycles. The molecule has 0 spiro atoms. The van der Waals surface area contributed by atoms with Gasteiger partial charge in [-0.25, -0.2) is 8.42 Å². The van der Waals surface area contributed by atoms with Gasteiger partial charge in [-0.05, 0) is 46.5 Å². The Bertz CT molecular complexity index is 651. The van der Waals surface area contributed by atoms with Crippen molar-refractivity contribution in [2.24, 2.45) is 5.92 Å². The zero-order chi connectivity index (χ0) is 16.2.